The largest absolute Gasteiger partial charge is 0.325 e. The number of anilines is 2. The molecule has 0 aromatic heterocycles. The topological polar surface area (TPSA) is 104 Å². The molecule has 1 heterocycles. The van der Waals surface area contributed by atoms with Crippen LogP contribution in [0.5, 0.6) is 0 Å². The maximum Gasteiger partial charge on any atom is 0.264 e. The van der Waals surface area contributed by atoms with Crippen molar-refractivity contribution in [2.24, 2.45) is 0 Å². The lowest BCUT2D eigenvalue weighted by atomic mass is 10.2. The van der Waals surface area contributed by atoms with E-state index >= 15 is 0 Å². The molecule has 0 radical (unpaired) electrons. The molecule has 3 aromatic carbocycles. The zero-order valence-electron chi connectivity index (χ0n) is 21.0. The second kappa shape index (κ2) is 11.9. The van der Waals surface area contributed by atoms with Gasteiger partial charge in [-0.1, -0.05) is 42.1 Å². The summed E-state index contributed by atoms with van der Waals surface area (Å²) in [5.74, 6) is -0.578. The Kier molecular flexibility index (Phi) is 8.77. The van der Waals surface area contributed by atoms with Gasteiger partial charge in [-0.3, -0.25) is 9.10 Å². The summed E-state index contributed by atoms with van der Waals surface area (Å²) >= 11 is 5.93. The van der Waals surface area contributed by atoms with Crippen LogP contribution in [0.1, 0.15) is 31.2 Å². The smallest absolute Gasteiger partial charge is 0.264 e. The molecule has 0 spiro atoms. The van der Waals surface area contributed by atoms with E-state index < -0.39 is 32.5 Å². The lowest BCUT2D eigenvalue weighted by Crippen LogP contribution is -2.38. The van der Waals surface area contributed by atoms with Gasteiger partial charge in [-0.05, 0) is 80.4 Å². The number of benzene rings is 3. The summed E-state index contributed by atoms with van der Waals surface area (Å²) in [6, 6.07) is 18.5. The minimum Gasteiger partial charge on any atom is -0.325 e. The van der Waals surface area contributed by atoms with Crippen LogP contribution in [-0.2, 0) is 24.8 Å². The molecule has 0 unspecified atom stereocenters. The minimum absolute atomic E-state index is 0.00153. The molecule has 38 heavy (non-hydrogen) atoms. The van der Waals surface area contributed by atoms with Gasteiger partial charge in [0.2, 0.25) is 15.9 Å². The van der Waals surface area contributed by atoms with Gasteiger partial charge in [0.1, 0.15) is 6.54 Å². The van der Waals surface area contributed by atoms with E-state index in [-0.39, 0.29) is 9.79 Å². The molecule has 1 fully saturated rings. The third-order valence-electron chi connectivity index (χ3n) is 6.35. The predicted octanol–water partition coefficient (Wildman–Crippen LogP) is 5.05. The number of nitrogens with zero attached hydrogens (tertiary/aromatic N) is 2. The van der Waals surface area contributed by atoms with Crippen molar-refractivity contribution in [1.29, 1.82) is 0 Å². The van der Waals surface area contributed by atoms with Gasteiger partial charge in [0, 0.05) is 23.8 Å². The molecule has 1 saturated heterocycles. The third kappa shape index (κ3) is 6.55. The third-order valence-corrected chi connectivity index (χ3v) is 10.3. The summed E-state index contributed by atoms with van der Waals surface area (Å²) in [6.07, 6.45) is 3.71. The summed E-state index contributed by atoms with van der Waals surface area (Å²) in [5.41, 5.74) is 1.63. The zero-order chi connectivity index (χ0) is 27.3. The Hall–Kier alpha value is -2.92. The average molecular weight is 576 g/mol. The average Bonchev–Trinajstić information content (AvgIpc) is 3.19. The van der Waals surface area contributed by atoms with Gasteiger partial charge >= 0.3 is 0 Å². The number of hydrogen-bond acceptors (Lipinski definition) is 5. The maximum atomic E-state index is 13.5. The molecule has 0 saturated carbocycles. The Morgan fingerprint density at radius 2 is 1.37 bits per heavy atom. The van der Waals surface area contributed by atoms with Crippen molar-refractivity contribution in [1.82, 2.24) is 4.31 Å². The van der Waals surface area contributed by atoms with E-state index in [1.807, 2.05) is 6.92 Å². The quantitative estimate of drug-likeness (QED) is 0.405. The fourth-order valence-electron chi connectivity index (χ4n) is 4.23. The number of nitrogens with one attached hydrogen (secondary N) is 1. The van der Waals surface area contributed by atoms with Crippen LogP contribution in [0.15, 0.2) is 82.6 Å². The first-order valence-electron chi connectivity index (χ1n) is 12.3. The summed E-state index contributed by atoms with van der Waals surface area (Å²) < 4.78 is 55.5. The number of sulfonamides is 2. The number of aryl methyl sites for hydroxylation is 1. The van der Waals surface area contributed by atoms with Crippen LogP contribution in [0.4, 0.5) is 11.4 Å². The van der Waals surface area contributed by atoms with E-state index in [2.05, 4.69) is 5.32 Å². The van der Waals surface area contributed by atoms with Crippen LogP contribution >= 0.6 is 11.6 Å². The summed E-state index contributed by atoms with van der Waals surface area (Å²) in [6.45, 7) is 2.39. The molecule has 0 bridgehead atoms. The van der Waals surface area contributed by atoms with E-state index in [4.69, 9.17) is 11.6 Å². The normalized spacial score (nSPS) is 15.0. The number of rotatable bonds is 8. The Balaban J connectivity index is 1.53. The van der Waals surface area contributed by atoms with Crippen LogP contribution in [0.25, 0.3) is 0 Å². The first kappa shape index (κ1) is 28.1. The van der Waals surface area contributed by atoms with Gasteiger partial charge in [0.15, 0.2) is 0 Å². The van der Waals surface area contributed by atoms with E-state index in [0.717, 1.165) is 35.6 Å². The molecule has 1 amide bonds. The van der Waals surface area contributed by atoms with E-state index in [0.29, 0.717) is 29.5 Å². The Morgan fingerprint density at radius 3 is 1.95 bits per heavy atom. The molecular weight excluding hydrogens is 546 g/mol. The zero-order valence-corrected chi connectivity index (χ0v) is 23.4. The molecule has 3 aromatic rings. The van der Waals surface area contributed by atoms with Crippen molar-refractivity contribution >= 4 is 48.9 Å². The van der Waals surface area contributed by atoms with Crippen molar-refractivity contribution in [3.8, 4) is 0 Å². The standard InChI is InChI=1S/C27H30ClN3O5S2/c1-21-6-12-24(13-7-21)31(38(35,36)26-14-8-22(28)9-15-26)20-27(32)29-23-10-16-25(17-11-23)37(33,34)30-18-4-2-3-5-19-30/h6-17H,2-5,18-20H2,1H3,(H,29,32). The Bertz CT molecular complexity index is 1470. The lowest BCUT2D eigenvalue weighted by molar-refractivity contribution is -0.114. The molecular formula is C27H30ClN3O5S2. The number of halogens is 1. The molecule has 0 aliphatic carbocycles. The first-order chi connectivity index (χ1) is 18.1. The molecule has 1 aliphatic heterocycles. The summed E-state index contributed by atoms with van der Waals surface area (Å²) in [7, 11) is -7.70. The highest BCUT2D eigenvalue weighted by molar-refractivity contribution is 7.92. The van der Waals surface area contributed by atoms with Crippen LogP contribution in [0.2, 0.25) is 5.02 Å². The van der Waals surface area contributed by atoms with Gasteiger partial charge in [-0.15, -0.1) is 0 Å². The fourth-order valence-corrected chi connectivity index (χ4v) is 7.30. The second-order valence-electron chi connectivity index (χ2n) is 9.19. The van der Waals surface area contributed by atoms with Crippen molar-refractivity contribution in [2.45, 2.75) is 42.4 Å². The van der Waals surface area contributed by atoms with E-state index in [9.17, 15) is 21.6 Å². The minimum atomic E-state index is -4.08. The van der Waals surface area contributed by atoms with Crippen LogP contribution in [-0.4, -0.2) is 46.7 Å². The second-order valence-corrected chi connectivity index (χ2v) is 13.4. The molecule has 11 heteroatoms. The molecule has 1 aliphatic rings. The van der Waals surface area contributed by atoms with Crippen molar-refractivity contribution < 1.29 is 21.6 Å². The number of amides is 1. The fraction of sp³-hybridized carbons (Fsp3) is 0.296. The van der Waals surface area contributed by atoms with Crippen LogP contribution in [0.3, 0.4) is 0 Å². The predicted molar refractivity (Wildman–Crippen MR) is 149 cm³/mol. The van der Waals surface area contributed by atoms with Gasteiger partial charge < -0.3 is 5.32 Å². The first-order valence-corrected chi connectivity index (χ1v) is 15.6. The SMILES string of the molecule is Cc1ccc(N(CC(=O)Nc2ccc(S(=O)(=O)N3CCCCCC3)cc2)S(=O)(=O)c2ccc(Cl)cc2)cc1. The monoisotopic (exact) mass is 575 g/mol. The number of carbonyl (C=O) groups is 1. The molecule has 0 atom stereocenters. The van der Waals surface area contributed by atoms with Crippen molar-refractivity contribution in [3.05, 3.63) is 83.4 Å². The van der Waals surface area contributed by atoms with Crippen molar-refractivity contribution in [3.63, 3.8) is 0 Å². The Morgan fingerprint density at radius 1 is 0.816 bits per heavy atom. The molecule has 202 valence electrons. The Labute approximate surface area is 229 Å². The van der Waals surface area contributed by atoms with Gasteiger partial charge in [0.05, 0.1) is 15.5 Å². The van der Waals surface area contributed by atoms with E-state index in [1.165, 1.54) is 52.8 Å². The van der Waals surface area contributed by atoms with E-state index in [1.54, 1.807) is 24.3 Å². The highest BCUT2D eigenvalue weighted by Gasteiger charge is 2.28. The number of carbonyl (C=O) groups excluding carboxylic acids is 1. The van der Waals surface area contributed by atoms with Gasteiger partial charge in [-0.2, -0.15) is 4.31 Å². The summed E-state index contributed by atoms with van der Waals surface area (Å²) in [5, 5.41) is 3.07. The highest BCUT2D eigenvalue weighted by Crippen LogP contribution is 2.26. The van der Waals surface area contributed by atoms with Crippen LogP contribution in [0, 0.1) is 6.92 Å². The number of hydrogen-bond donors (Lipinski definition) is 1. The summed E-state index contributed by atoms with van der Waals surface area (Å²) in [4.78, 5) is 13.2. The molecule has 1 N–H and O–H groups in total. The molecule has 4 rings (SSSR count). The highest BCUT2D eigenvalue weighted by atomic mass is 35.5. The van der Waals surface area contributed by atoms with Gasteiger partial charge in [0.25, 0.3) is 10.0 Å². The molecule has 8 nitrogen and oxygen atoms in total. The lowest BCUT2D eigenvalue weighted by Gasteiger charge is -2.24. The van der Waals surface area contributed by atoms with Gasteiger partial charge in [-0.25, -0.2) is 16.8 Å². The van der Waals surface area contributed by atoms with Crippen molar-refractivity contribution in [2.75, 3.05) is 29.3 Å². The maximum absolute atomic E-state index is 13.5. The van der Waals surface area contributed by atoms with Crippen LogP contribution < -0.4 is 9.62 Å².